The van der Waals surface area contributed by atoms with Gasteiger partial charge in [0.25, 0.3) is 0 Å². The predicted octanol–water partition coefficient (Wildman–Crippen LogP) is 5.45. The maximum absolute atomic E-state index is 12.9. The molecular weight excluding hydrogens is 458 g/mol. The van der Waals surface area contributed by atoms with E-state index in [1.807, 2.05) is 46.9 Å². The smallest absolute Gasteiger partial charge is 0.410 e. The number of benzene rings is 1. The van der Waals surface area contributed by atoms with E-state index in [9.17, 15) is 4.79 Å². The van der Waals surface area contributed by atoms with Crippen LogP contribution in [0.5, 0.6) is 11.5 Å². The number of allylic oxidation sites excluding steroid dienone is 1. The molecule has 3 heterocycles. The topological polar surface area (TPSA) is 97.8 Å². The van der Waals surface area contributed by atoms with Crippen LogP contribution >= 0.6 is 0 Å². The van der Waals surface area contributed by atoms with E-state index in [1.165, 1.54) is 0 Å². The van der Waals surface area contributed by atoms with Gasteiger partial charge in [0, 0.05) is 48.7 Å². The normalized spacial score (nSPS) is 17.7. The second-order valence-corrected chi connectivity index (χ2v) is 10.3. The number of amides is 1. The first-order valence-electron chi connectivity index (χ1n) is 12.5. The molecule has 194 valence electrons. The first-order valence-corrected chi connectivity index (χ1v) is 12.5. The van der Waals surface area contributed by atoms with Gasteiger partial charge in [0.05, 0.1) is 0 Å². The number of hydrogen-bond donors (Lipinski definition) is 2. The van der Waals surface area contributed by atoms with Gasteiger partial charge in [0.2, 0.25) is 5.95 Å². The predicted molar refractivity (Wildman–Crippen MR) is 141 cm³/mol. The summed E-state index contributed by atoms with van der Waals surface area (Å²) < 4.78 is 17.8. The molecule has 36 heavy (non-hydrogen) atoms. The van der Waals surface area contributed by atoms with Crippen molar-refractivity contribution >= 4 is 29.1 Å². The van der Waals surface area contributed by atoms with Crippen LogP contribution < -0.4 is 20.1 Å². The summed E-state index contributed by atoms with van der Waals surface area (Å²) in [7, 11) is 1.83. The number of anilines is 3. The molecule has 1 amide bonds. The van der Waals surface area contributed by atoms with Crippen LogP contribution in [0.1, 0.15) is 57.4 Å². The lowest BCUT2D eigenvalue weighted by atomic mass is 9.93. The van der Waals surface area contributed by atoms with E-state index < -0.39 is 5.60 Å². The zero-order valence-electron chi connectivity index (χ0n) is 22.3. The Hall–Kier alpha value is -3.49. The van der Waals surface area contributed by atoms with Crippen molar-refractivity contribution in [3.8, 4) is 11.5 Å². The van der Waals surface area contributed by atoms with Crippen LogP contribution in [0.15, 0.2) is 18.2 Å². The summed E-state index contributed by atoms with van der Waals surface area (Å²) in [6.45, 7) is 13.2. The van der Waals surface area contributed by atoms with Crippen LogP contribution in [0, 0.1) is 13.8 Å². The minimum atomic E-state index is -0.540. The van der Waals surface area contributed by atoms with Crippen molar-refractivity contribution in [3.05, 3.63) is 35.0 Å². The van der Waals surface area contributed by atoms with Crippen molar-refractivity contribution in [1.29, 1.82) is 0 Å². The van der Waals surface area contributed by atoms with Gasteiger partial charge >= 0.3 is 6.09 Å². The van der Waals surface area contributed by atoms with Crippen LogP contribution in [-0.4, -0.2) is 59.4 Å². The fraction of sp³-hybridized carbons (Fsp3) is 0.519. The Balaban J connectivity index is 1.71. The SMILES string of the molecule is CNc1cc(C)nc(Nc2cc3c(c(C4=CCN(C(=O)OC(C)(C)C)C(C)CC4)c2C)OCCO3)n1. The van der Waals surface area contributed by atoms with Gasteiger partial charge in [-0.3, -0.25) is 0 Å². The molecule has 1 unspecified atom stereocenters. The fourth-order valence-electron chi connectivity index (χ4n) is 4.48. The van der Waals surface area contributed by atoms with Crippen LogP contribution in [0.3, 0.4) is 0 Å². The highest BCUT2D eigenvalue weighted by Gasteiger charge is 2.30. The Morgan fingerprint density at radius 1 is 1.17 bits per heavy atom. The average Bonchev–Trinajstić information content (AvgIpc) is 2.99. The van der Waals surface area contributed by atoms with Crippen LogP contribution in [-0.2, 0) is 4.74 Å². The highest BCUT2D eigenvalue weighted by atomic mass is 16.6. The quantitative estimate of drug-likeness (QED) is 0.578. The highest BCUT2D eigenvalue weighted by Crippen LogP contribution is 2.45. The summed E-state index contributed by atoms with van der Waals surface area (Å²) in [6, 6.07) is 3.88. The number of carbonyl (C=O) groups is 1. The van der Waals surface area contributed by atoms with Crippen molar-refractivity contribution in [2.45, 2.75) is 66.0 Å². The van der Waals surface area contributed by atoms with Gasteiger partial charge in [-0.2, -0.15) is 4.98 Å². The van der Waals surface area contributed by atoms with Gasteiger partial charge in [-0.15, -0.1) is 0 Å². The van der Waals surface area contributed by atoms with Crippen LogP contribution in [0.4, 0.5) is 22.2 Å². The summed E-state index contributed by atoms with van der Waals surface area (Å²) in [4.78, 5) is 23.7. The number of ether oxygens (including phenoxy) is 3. The van der Waals surface area contributed by atoms with Gasteiger partial charge in [0.1, 0.15) is 24.6 Å². The number of nitrogens with zero attached hydrogens (tertiary/aromatic N) is 3. The molecular formula is C27H37N5O4. The monoisotopic (exact) mass is 495 g/mol. The average molecular weight is 496 g/mol. The molecule has 2 aromatic rings. The largest absolute Gasteiger partial charge is 0.486 e. The number of fused-ring (bicyclic) bond motifs is 1. The highest BCUT2D eigenvalue weighted by molar-refractivity contribution is 5.82. The zero-order valence-corrected chi connectivity index (χ0v) is 22.3. The number of aryl methyl sites for hydroxylation is 1. The van der Waals surface area contributed by atoms with E-state index in [4.69, 9.17) is 14.2 Å². The number of carbonyl (C=O) groups excluding carboxylic acids is 1. The van der Waals surface area contributed by atoms with Gasteiger partial charge in [-0.1, -0.05) is 6.08 Å². The Morgan fingerprint density at radius 2 is 1.92 bits per heavy atom. The molecule has 0 saturated heterocycles. The summed E-state index contributed by atoms with van der Waals surface area (Å²) in [6.07, 6.45) is 3.42. The number of nitrogens with one attached hydrogen (secondary N) is 2. The molecule has 0 spiro atoms. The minimum Gasteiger partial charge on any atom is -0.486 e. The van der Waals surface area contributed by atoms with Gasteiger partial charge < -0.3 is 29.7 Å². The third-order valence-corrected chi connectivity index (χ3v) is 6.30. The van der Waals surface area contributed by atoms with Crippen molar-refractivity contribution < 1.29 is 19.0 Å². The first kappa shape index (κ1) is 25.6. The standard InChI is InChI=1S/C27H37N5O4/c1-16-14-22(28-7)31-25(29-16)30-20-15-21-24(35-13-12-34-21)23(18(20)3)19-9-8-17(2)32(11-10-19)26(33)36-27(4,5)6/h10,14-15,17H,8-9,11-13H2,1-7H3,(H2,28,29,30,31). The molecule has 9 nitrogen and oxygen atoms in total. The summed E-state index contributed by atoms with van der Waals surface area (Å²) in [5.41, 5.74) is 4.30. The maximum Gasteiger partial charge on any atom is 0.410 e. The van der Waals surface area contributed by atoms with E-state index in [0.717, 1.165) is 52.5 Å². The Bertz CT molecular complexity index is 1170. The van der Waals surface area contributed by atoms with Crippen LogP contribution in [0.25, 0.3) is 5.57 Å². The van der Waals surface area contributed by atoms with E-state index in [2.05, 4.69) is 40.5 Å². The molecule has 0 radical (unpaired) electrons. The zero-order chi connectivity index (χ0) is 26.0. The molecule has 1 atom stereocenters. The third kappa shape index (κ3) is 5.66. The minimum absolute atomic E-state index is 0.0452. The lowest BCUT2D eigenvalue weighted by Crippen LogP contribution is -2.41. The summed E-state index contributed by atoms with van der Waals surface area (Å²) in [5, 5.41) is 6.46. The molecule has 4 rings (SSSR count). The van der Waals surface area contributed by atoms with E-state index in [-0.39, 0.29) is 12.1 Å². The molecule has 0 aliphatic carbocycles. The van der Waals surface area contributed by atoms with Gasteiger partial charge in [-0.25, -0.2) is 9.78 Å². The molecule has 0 fully saturated rings. The van der Waals surface area contributed by atoms with Gasteiger partial charge in [-0.05, 0) is 65.5 Å². The second kappa shape index (κ2) is 10.2. The molecule has 1 aromatic heterocycles. The van der Waals surface area contributed by atoms with Crippen molar-refractivity contribution in [3.63, 3.8) is 0 Å². The van der Waals surface area contributed by atoms with Crippen molar-refractivity contribution in [1.82, 2.24) is 14.9 Å². The molecule has 9 heteroatoms. The molecule has 2 N–H and O–H groups in total. The maximum atomic E-state index is 12.9. The molecule has 2 aliphatic rings. The third-order valence-electron chi connectivity index (χ3n) is 6.30. The number of hydrogen-bond acceptors (Lipinski definition) is 8. The molecule has 0 bridgehead atoms. The van der Waals surface area contributed by atoms with E-state index >= 15 is 0 Å². The summed E-state index contributed by atoms with van der Waals surface area (Å²) in [5.74, 6) is 2.68. The van der Waals surface area contributed by atoms with Crippen molar-refractivity contribution in [2.75, 3.05) is 37.4 Å². The molecule has 0 saturated carbocycles. The number of aromatic nitrogens is 2. The summed E-state index contributed by atoms with van der Waals surface area (Å²) >= 11 is 0. The fourth-order valence-corrected chi connectivity index (χ4v) is 4.48. The second-order valence-electron chi connectivity index (χ2n) is 10.3. The Labute approximate surface area is 213 Å². The van der Waals surface area contributed by atoms with E-state index in [0.29, 0.717) is 31.5 Å². The Morgan fingerprint density at radius 3 is 2.64 bits per heavy atom. The Kier molecular flexibility index (Phi) is 7.28. The molecule has 1 aromatic carbocycles. The van der Waals surface area contributed by atoms with Gasteiger partial charge in [0.15, 0.2) is 11.5 Å². The number of rotatable bonds is 4. The van der Waals surface area contributed by atoms with Crippen LogP contribution in [0.2, 0.25) is 0 Å². The first-order chi connectivity index (χ1) is 17.1. The lowest BCUT2D eigenvalue weighted by Gasteiger charge is -2.30. The molecule has 2 aliphatic heterocycles. The lowest BCUT2D eigenvalue weighted by molar-refractivity contribution is 0.0201. The van der Waals surface area contributed by atoms with Crippen molar-refractivity contribution in [2.24, 2.45) is 0 Å². The van der Waals surface area contributed by atoms with E-state index in [1.54, 1.807) is 4.90 Å².